The molecule has 0 bridgehead atoms. The van der Waals surface area contributed by atoms with Gasteiger partial charge in [-0.25, -0.2) is 4.79 Å². The van der Waals surface area contributed by atoms with Gasteiger partial charge in [-0.05, 0) is 36.8 Å². The van der Waals surface area contributed by atoms with E-state index in [4.69, 9.17) is 14.2 Å². The summed E-state index contributed by atoms with van der Waals surface area (Å²) in [5.74, 6) is 1.29. The minimum Gasteiger partial charge on any atom is -0.493 e. The van der Waals surface area contributed by atoms with E-state index in [9.17, 15) is 4.79 Å². The van der Waals surface area contributed by atoms with Gasteiger partial charge in [-0.1, -0.05) is 24.3 Å². The van der Waals surface area contributed by atoms with Gasteiger partial charge in [0, 0.05) is 19.3 Å². The van der Waals surface area contributed by atoms with Crippen molar-refractivity contribution in [1.29, 1.82) is 0 Å². The van der Waals surface area contributed by atoms with Gasteiger partial charge in [0.25, 0.3) is 0 Å². The molecule has 0 aliphatic rings. The minimum atomic E-state index is -0.185. The molecule has 2 amide bonds. The largest absolute Gasteiger partial charge is 0.493 e. The molecule has 1 N–H and O–H groups in total. The second kappa shape index (κ2) is 9.68. The smallest absolute Gasteiger partial charge is 0.322 e. The molecule has 6 heteroatoms. The van der Waals surface area contributed by atoms with Gasteiger partial charge in [-0.3, -0.25) is 0 Å². The molecule has 0 saturated carbocycles. The number of hydrogen-bond donors (Lipinski definition) is 1. The molecule has 2 aromatic carbocycles. The van der Waals surface area contributed by atoms with Crippen molar-refractivity contribution in [3.05, 3.63) is 54.1 Å². The van der Waals surface area contributed by atoms with E-state index in [-0.39, 0.29) is 12.1 Å². The number of carbonyl (C=O) groups is 1. The number of para-hydroxylation sites is 1. The number of benzene rings is 2. The molecule has 0 aliphatic heterocycles. The molecule has 26 heavy (non-hydrogen) atoms. The summed E-state index contributed by atoms with van der Waals surface area (Å²) in [6, 6.07) is 14.7. The standard InChI is InChI=1S/C20H26N2O4/c1-15(14-24-2)22(20(23)21-17-8-6-5-7-9-17)13-16-10-11-18(25-3)19(12-16)26-4/h5-12,15H,13-14H2,1-4H3,(H,21,23). The molecule has 0 aliphatic carbocycles. The highest BCUT2D eigenvalue weighted by molar-refractivity contribution is 5.89. The molecule has 140 valence electrons. The van der Waals surface area contributed by atoms with Crippen LogP contribution in [-0.2, 0) is 11.3 Å². The number of ether oxygens (including phenoxy) is 3. The molecule has 6 nitrogen and oxygen atoms in total. The minimum absolute atomic E-state index is 0.100. The zero-order valence-electron chi connectivity index (χ0n) is 15.7. The van der Waals surface area contributed by atoms with Gasteiger partial charge in [-0.2, -0.15) is 0 Å². The van der Waals surface area contributed by atoms with Crippen molar-refractivity contribution < 1.29 is 19.0 Å². The molecule has 1 atom stereocenters. The van der Waals surface area contributed by atoms with Crippen LogP contribution in [0.1, 0.15) is 12.5 Å². The first-order chi connectivity index (χ1) is 12.6. The summed E-state index contributed by atoms with van der Waals surface area (Å²) in [4.78, 5) is 14.5. The van der Waals surface area contributed by atoms with E-state index in [1.165, 1.54) is 0 Å². The number of methoxy groups -OCH3 is 3. The molecule has 0 spiro atoms. The Hall–Kier alpha value is -2.73. The zero-order valence-corrected chi connectivity index (χ0v) is 15.7. The fraction of sp³-hybridized carbons (Fsp3) is 0.350. The van der Waals surface area contributed by atoms with Gasteiger partial charge in [-0.15, -0.1) is 0 Å². The number of nitrogens with zero attached hydrogens (tertiary/aromatic N) is 1. The first-order valence-corrected chi connectivity index (χ1v) is 8.41. The summed E-state index contributed by atoms with van der Waals surface area (Å²) in [6.45, 7) is 2.81. The van der Waals surface area contributed by atoms with Crippen molar-refractivity contribution in [2.75, 3.05) is 33.3 Å². The van der Waals surface area contributed by atoms with Crippen molar-refractivity contribution >= 4 is 11.7 Å². The van der Waals surface area contributed by atoms with Gasteiger partial charge in [0.1, 0.15) is 0 Å². The third-order valence-electron chi connectivity index (χ3n) is 4.03. The zero-order chi connectivity index (χ0) is 18.9. The van der Waals surface area contributed by atoms with Crippen LogP contribution in [0.3, 0.4) is 0 Å². The fourth-order valence-electron chi connectivity index (χ4n) is 2.65. The van der Waals surface area contributed by atoms with Crippen LogP contribution in [0.4, 0.5) is 10.5 Å². The molecule has 0 aromatic heterocycles. The van der Waals surface area contributed by atoms with Crippen molar-refractivity contribution in [2.45, 2.75) is 19.5 Å². The highest BCUT2D eigenvalue weighted by Gasteiger charge is 2.21. The van der Waals surface area contributed by atoms with Gasteiger partial charge in [0.05, 0.1) is 26.9 Å². The Labute approximate surface area is 154 Å². The molecule has 2 rings (SSSR count). The van der Waals surface area contributed by atoms with E-state index >= 15 is 0 Å². The lowest BCUT2D eigenvalue weighted by Gasteiger charge is -2.29. The lowest BCUT2D eigenvalue weighted by atomic mass is 10.1. The molecule has 2 aromatic rings. The Morgan fingerprint density at radius 3 is 2.35 bits per heavy atom. The Bertz CT molecular complexity index is 706. The Morgan fingerprint density at radius 2 is 1.73 bits per heavy atom. The number of nitrogens with one attached hydrogen (secondary N) is 1. The van der Waals surface area contributed by atoms with Crippen LogP contribution in [-0.4, -0.2) is 44.9 Å². The molecular weight excluding hydrogens is 332 g/mol. The number of carbonyl (C=O) groups excluding carboxylic acids is 1. The van der Waals surface area contributed by atoms with Crippen LogP contribution in [0.15, 0.2) is 48.5 Å². The first-order valence-electron chi connectivity index (χ1n) is 8.41. The molecule has 0 heterocycles. The van der Waals surface area contributed by atoms with Crippen LogP contribution >= 0.6 is 0 Å². The van der Waals surface area contributed by atoms with Crippen LogP contribution in [0.2, 0.25) is 0 Å². The Morgan fingerprint density at radius 1 is 1.04 bits per heavy atom. The SMILES string of the molecule is COCC(C)N(Cc1ccc(OC)c(OC)c1)C(=O)Nc1ccccc1. The topological polar surface area (TPSA) is 60.0 Å². The molecule has 1 unspecified atom stereocenters. The summed E-state index contributed by atoms with van der Waals surface area (Å²) < 4.78 is 15.9. The second-order valence-corrected chi connectivity index (χ2v) is 5.92. The number of rotatable bonds is 8. The van der Waals surface area contributed by atoms with Crippen LogP contribution in [0.25, 0.3) is 0 Å². The normalized spacial score (nSPS) is 11.5. The molecular formula is C20H26N2O4. The van der Waals surface area contributed by atoms with E-state index in [2.05, 4.69) is 5.32 Å². The van der Waals surface area contributed by atoms with Crippen LogP contribution < -0.4 is 14.8 Å². The van der Waals surface area contributed by atoms with Crippen LogP contribution in [0.5, 0.6) is 11.5 Å². The van der Waals surface area contributed by atoms with Crippen molar-refractivity contribution in [3.63, 3.8) is 0 Å². The fourth-order valence-corrected chi connectivity index (χ4v) is 2.65. The molecule has 0 radical (unpaired) electrons. The summed E-state index contributed by atoms with van der Waals surface area (Å²) in [5, 5.41) is 2.93. The van der Waals surface area contributed by atoms with Crippen molar-refractivity contribution in [2.24, 2.45) is 0 Å². The average molecular weight is 358 g/mol. The van der Waals surface area contributed by atoms with Gasteiger partial charge < -0.3 is 24.4 Å². The maximum absolute atomic E-state index is 12.8. The molecule has 0 saturated heterocycles. The number of urea groups is 1. The monoisotopic (exact) mass is 358 g/mol. The third kappa shape index (κ3) is 5.13. The van der Waals surface area contributed by atoms with Crippen molar-refractivity contribution in [3.8, 4) is 11.5 Å². The van der Waals surface area contributed by atoms with E-state index < -0.39 is 0 Å². The van der Waals surface area contributed by atoms with Gasteiger partial charge in [0.15, 0.2) is 11.5 Å². The number of hydrogen-bond acceptors (Lipinski definition) is 4. The summed E-state index contributed by atoms with van der Waals surface area (Å²) >= 11 is 0. The van der Waals surface area contributed by atoms with Gasteiger partial charge >= 0.3 is 6.03 Å². The second-order valence-electron chi connectivity index (χ2n) is 5.92. The Kier molecular flexibility index (Phi) is 7.29. The Balaban J connectivity index is 2.20. The summed E-state index contributed by atoms with van der Waals surface area (Å²) in [5.41, 5.74) is 1.69. The van der Waals surface area contributed by atoms with E-state index in [0.717, 1.165) is 11.3 Å². The van der Waals surface area contributed by atoms with Crippen LogP contribution in [0, 0.1) is 0 Å². The predicted octanol–water partition coefficient (Wildman–Crippen LogP) is 3.77. The highest BCUT2D eigenvalue weighted by Crippen LogP contribution is 2.28. The highest BCUT2D eigenvalue weighted by atomic mass is 16.5. The summed E-state index contributed by atoms with van der Waals surface area (Å²) in [6.07, 6.45) is 0. The first kappa shape index (κ1) is 19.6. The predicted molar refractivity (Wildman–Crippen MR) is 102 cm³/mol. The molecule has 0 fully saturated rings. The quantitative estimate of drug-likeness (QED) is 0.780. The lowest BCUT2D eigenvalue weighted by Crippen LogP contribution is -2.43. The number of anilines is 1. The van der Waals surface area contributed by atoms with E-state index in [0.29, 0.717) is 24.7 Å². The average Bonchev–Trinajstić information content (AvgIpc) is 2.66. The van der Waals surface area contributed by atoms with Gasteiger partial charge in [0.2, 0.25) is 0 Å². The summed E-state index contributed by atoms with van der Waals surface area (Å²) in [7, 11) is 4.81. The third-order valence-corrected chi connectivity index (χ3v) is 4.03. The lowest BCUT2D eigenvalue weighted by molar-refractivity contribution is 0.113. The maximum atomic E-state index is 12.8. The maximum Gasteiger partial charge on any atom is 0.322 e. The van der Waals surface area contributed by atoms with E-state index in [1.807, 2.05) is 55.5 Å². The van der Waals surface area contributed by atoms with E-state index in [1.54, 1.807) is 26.2 Å². The number of amides is 2. The van der Waals surface area contributed by atoms with Crippen molar-refractivity contribution in [1.82, 2.24) is 4.90 Å².